The number of nitrogens with zero attached hydrogens (tertiary/aromatic N) is 2. The van der Waals surface area contributed by atoms with Crippen LogP contribution in [0.5, 0.6) is 0 Å². The maximum atomic E-state index is 12.5. The predicted molar refractivity (Wildman–Crippen MR) is 78.2 cm³/mol. The van der Waals surface area contributed by atoms with Gasteiger partial charge < -0.3 is 10.0 Å². The van der Waals surface area contributed by atoms with Crippen LogP contribution in [0.1, 0.15) is 18.4 Å². The molecule has 2 aliphatic rings. The smallest absolute Gasteiger partial charge is 0.252 e. The molecule has 1 aromatic heterocycles. The molecule has 0 spiro atoms. The van der Waals surface area contributed by atoms with Gasteiger partial charge in [0.05, 0.1) is 6.61 Å². The molecule has 112 valence electrons. The van der Waals surface area contributed by atoms with Crippen LogP contribution >= 0.6 is 11.3 Å². The number of sulfonamides is 1. The van der Waals surface area contributed by atoms with E-state index < -0.39 is 10.0 Å². The summed E-state index contributed by atoms with van der Waals surface area (Å²) < 4.78 is 26.9. The van der Waals surface area contributed by atoms with Crippen molar-refractivity contribution in [3.05, 3.63) is 17.0 Å². The quantitative estimate of drug-likeness (QED) is 0.879. The van der Waals surface area contributed by atoms with E-state index in [1.807, 2.05) is 0 Å². The summed E-state index contributed by atoms with van der Waals surface area (Å²) in [5.41, 5.74) is 0.668. The number of piperazine rings is 1. The van der Waals surface area contributed by atoms with Gasteiger partial charge in [0, 0.05) is 32.7 Å². The van der Waals surface area contributed by atoms with Crippen molar-refractivity contribution in [1.82, 2.24) is 9.21 Å². The predicted octanol–water partition coefficient (Wildman–Crippen LogP) is 0.957. The van der Waals surface area contributed by atoms with E-state index >= 15 is 0 Å². The van der Waals surface area contributed by atoms with Crippen LogP contribution in [0.4, 0.5) is 0 Å². The first-order valence-electron chi connectivity index (χ1n) is 7.00. The maximum Gasteiger partial charge on any atom is 0.252 e. The fourth-order valence-electron chi connectivity index (χ4n) is 2.52. The normalized spacial score (nSPS) is 22.2. The van der Waals surface area contributed by atoms with Gasteiger partial charge in [0.1, 0.15) is 4.21 Å². The molecule has 1 saturated heterocycles. The zero-order chi connectivity index (χ0) is 14.2. The van der Waals surface area contributed by atoms with E-state index in [1.165, 1.54) is 24.2 Å². The highest BCUT2D eigenvalue weighted by Crippen LogP contribution is 2.30. The number of rotatable bonds is 5. The first-order chi connectivity index (χ1) is 9.59. The summed E-state index contributed by atoms with van der Waals surface area (Å²) in [7, 11) is -3.37. The second-order valence-corrected chi connectivity index (χ2v) is 8.66. The molecule has 0 amide bonds. The molecular weight excluding hydrogens is 296 g/mol. The second-order valence-electron chi connectivity index (χ2n) is 5.58. The molecule has 3 rings (SSSR count). The first-order valence-corrected chi connectivity index (χ1v) is 9.32. The van der Waals surface area contributed by atoms with Gasteiger partial charge in [-0.05, 0) is 35.8 Å². The molecule has 0 bridgehead atoms. The van der Waals surface area contributed by atoms with Crippen molar-refractivity contribution in [3.8, 4) is 0 Å². The molecule has 1 aliphatic heterocycles. The van der Waals surface area contributed by atoms with Crippen LogP contribution in [0.15, 0.2) is 15.7 Å². The molecule has 20 heavy (non-hydrogen) atoms. The van der Waals surface area contributed by atoms with Crippen LogP contribution in [0, 0.1) is 5.92 Å². The van der Waals surface area contributed by atoms with E-state index in [2.05, 4.69) is 4.90 Å². The van der Waals surface area contributed by atoms with Crippen molar-refractivity contribution < 1.29 is 13.5 Å². The molecule has 1 saturated carbocycles. The molecule has 2 heterocycles. The number of aliphatic hydroxyl groups excluding tert-OH is 1. The summed E-state index contributed by atoms with van der Waals surface area (Å²) in [5, 5.41) is 10.7. The van der Waals surface area contributed by atoms with Crippen molar-refractivity contribution in [1.29, 1.82) is 0 Å². The Morgan fingerprint density at radius 2 is 1.95 bits per heavy atom. The standard InChI is InChI=1S/C13H20N2O3S2/c16-9-12-7-13(19-10-12)20(17,18)15-5-3-14(4-6-15)8-11-1-2-11/h7,10-11,16H,1-6,8-9H2. The minimum absolute atomic E-state index is 0.110. The summed E-state index contributed by atoms with van der Waals surface area (Å²) in [6.45, 7) is 3.81. The van der Waals surface area contributed by atoms with Gasteiger partial charge in [-0.2, -0.15) is 4.31 Å². The lowest BCUT2D eigenvalue weighted by molar-refractivity contribution is 0.182. The average Bonchev–Trinajstić information content (AvgIpc) is 3.12. The summed E-state index contributed by atoms with van der Waals surface area (Å²) >= 11 is 1.19. The zero-order valence-electron chi connectivity index (χ0n) is 11.4. The molecule has 7 heteroatoms. The van der Waals surface area contributed by atoms with Gasteiger partial charge in [-0.25, -0.2) is 8.42 Å². The van der Waals surface area contributed by atoms with E-state index in [9.17, 15) is 8.42 Å². The summed E-state index contributed by atoms with van der Waals surface area (Å²) in [4.78, 5) is 2.37. The molecule has 0 radical (unpaired) electrons. The van der Waals surface area contributed by atoms with E-state index in [0.717, 1.165) is 25.6 Å². The first kappa shape index (κ1) is 14.5. The van der Waals surface area contributed by atoms with Crippen molar-refractivity contribution in [2.75, 3.05) is 32.7 Å². The van der Waals surface area contributed by atoms with Gasteiger partial charge in [-0.1, -0.05) is 0 Å². The summed E-state index contributed by atoms with van der Waals surface area (Å²) in [6.07, 6.45) is 2.66. The van der Waals surface area contributed by atoms with Gasteiger partial charge in [-0.3, -0.25) is 0 Å². The van der Waals surface area contributed by atoms with Crippen LogP contribution < -0.4 is 0 Å². The topological polar surface area (TPSA) is 60.9 Å². The van der Waals surface area contributed by atoms with Crippen molar-refractivity contribution in [2.24, 2.45) is 5.92 Å². The molecule has 0 atom stereocenters. The Kier molecular flexibility index (Phi) is 4.14. The fraction of sp³-hybridized carbons (Fsp3) is 0.692. The zero-order valence-corrected chi connectivity index (χ0v) is 13.0. The monoisotopic (exact) mass is 316 g/mol. The van der Waals surface area contributed by atoms with Gasteiger partial charge in [-0.15, -0.1) is 11.3 Å². The van der Waals surface area contributed by atoms with Crippen LogP contribution in [0.25, 0.3) is 0 Å². The highest BCUT2D eigenvalue weighted by atomic mass is 32.2. The van der Waals surface area contributed by atoms with Gasteiger partial charge >= 0.3 is 0 Å². The highest BCUT2D eigenvalue weighted by molar-refractivity contribution is 7.91. The third-order valence-electron chi connectivity index (χ3n) is 3.95. The summed E-state index contributed by atoms with van der Waals surface area (Å²) in [5.74, 6) is 0.850. The van der Waals surface area contributed by atoms with Crippen molar-refractivity contribution >= 4 is 21.4 Å². The van der Waals surface area contributed by atoms with Crippen LogP contribution in [0.3, 0.4) is 0 Å². The largest absolute Gasteiger partial charge is 0.392 e. The number of hydrogen-bond donors (Lipinski definition) is 1. The third-order valence-corrected chi connectivity index (χ3v) is 7.31. The molecule has 1 aromatic rings. The Hall–Kier alpha value is -0.470. The Labute approximate surface area is 123 Å². The Morgan fingerprint density at radius 3 is 2.50 bits per heavy atom. The Balaban J connectivity index is 1.63. The SMILES string of the molecule is O=S(=O)(c1cc(CO)cs1)N1CCN(CC2CC2)CC1. The van der Waals surface area contributed by atoms with Crippen molar-refractivity contribution in [2.45, 2.75) is 23.7 Å². The lowest BCUT2D eigenvalue weighted by Crippen LogP contribution is -2.48. The van der Waals surface area contributed by atoms with Crippen LogP contribution in [0.2, 0.25) is 0 Å². The number of aliphatic hydroxyl groups is 1. The fourth-order valence-corrected chi connectivity index (χ4v) is 5.29. The average molecular weight is 316 g/mol. The minimum Gasteiger partial charge on any atom is -0.392 e. The third kappa shape index (κ3) is 3.07. The van der Waals surface area contributed by atoms with Crippen LogP contribution in [-0.4, -0.2) is 55.5 Å². The Bertz CT molecular complexity index is 558. The molecule has 0 unspecified atom stereocenters. The second kappa shape index (κ2) is 5.73. The van der Waals surface area contributed by atoms with E-state index in [4.69, 9.17) is 5.11 Å². The molecule has 5 nitrogen and oxygen atoms in total. The highest BCUT2D eigenvalue weighted by Gasteiger charge is 2.31. The molecule has 1 aliphatic carbocycles. The van der Waals surface area contributed by atoms with Gasteiger partial charge in [0.25, 0.3) is 10.0 Å². The molecule has 2 fully saturated rings. The maximum absolute atomic E-state index is 12.5. The lowest BCUT2D eigenvalue weighted by Gasteiger charge is -2.33. The van der Waals surface area contributed by atoms with Crippen LogP contribution in [-0.2, 0) is 16.6 Å². The van der Waals surface area contributed by atoms with E-state index in [0.29, 0.717) is 22.9 Å². The number of hydrogen-bond acceptors (Lipinski definition) is 5. The lowest BCUT2D eigenvalue weighted by atomic mass is 10.3. The molecular formula is C13H20N2O3S2. The van der Waals surface area contributed by atoms with E-state index in [-0.39, 0.29) is 6.61 Å². The van der Waals surface area contributed by atoms with Gasteiger partial charge in [0.2, 0.25) is 0 Å². The van der Waals surface area contributed by atoms with Crippen molar-refractivity contribution in [3.63, 3.8) is 0 Å². The molecule has 0 aromatic carbocycles. The van der Waals surface area contributed by atoms with Gasteiger partial charge in [0.15, 0.2) is 0 Å². The summed E-state index contributed by atoms with van der Waals surface area (Å²) in [6, 6.07) is 1.58. The molecule has 1 N–H and O–H groups in total. The van der Waals surface area contributed by atoms with E-state index in [1.54, 1.807) is 15.8 Å². The minimum atomic E-state index is -3.37. The Morgan fingerprint density at radius 1 is 1.25 bits per heavy atom. The number of thiophene rings is 1.